The summed E-state index contributed by atoms with van der Waals surface area (Å²) in [4.78, 5) is 34.5. The zero-order chi connectivity index (χ0) is 24.7. The van der Waals surface area contributed by atoms with Crippen molar-refractivity contribution in [3.8, 4) is 11.1 Å². The molecule has 4 aromatic rings. The van der Waals surface area contributed by atoms with Gasteiger partial charge in [0.2, 0.25) is 5.95 Å². The highest BCUT2D eigenvalue weighted by Crippen LogP contribution is 2.32. The number of pyridine rings is 1. The van der Waals surface area contributed by atoms with Crippen molar-refractivity contribution < 1.29 is 9.18 Å². The highest BCUT2D eigenvalue weighted by atomic mass is 19.1. The number of nitrogens with one attached hydrogen (secondary N) is 3. The lowest BCUT2D eigenvalue weighted by Crippen LogP contribution is -2.32. The van der Waals surface area contributed by atoms with Crippen LogP contribution in [0.5, 0.6) is 0 Å². The van der Waals surface area contributed by atoms with Crippen LogP contribution in [-0.4, -0.2) is 27.6 Å². The molecule has 2 aromatic carbocycles. The number of nitrogens with zero attached hydrogens (tertiary/aromatic N) is 3. The molecule has 2 aromatic heterocycles. The molecular formula is C26H25FN6O2. The summed E-state index contributed by atoms with van der Waals surface area (Å²) in [5.41, 5.74) is 3.94. The Labute approximate surface area is 201 Å². The summed E-state index contributed by atoms with van der Waals surface area (Å²) in [6.45, 7) is 1.72. The first-order valence-corrected chi connectivity index (χ1v) is 11.4. The van der Waals surface area contributed by atoms with E-state index >= 15 is 0 Å². The van der Waals surface area contributed by atoms with Crippen LogP contribution in [0.25, 0.3) is 22.2 Å². The van der Waals surface area contributed by atoms with Gasteiger partial charge in [-0.2, -0.15) is 4.98 Å². The van der Waals surface area contributed by atoms with Crippen LogP contribution in [-0.2, 0) is 13.5 Å². The summed E-state index contributed by atoms with van der Waals surface area (Å²) in [7, 11) is 3.33. The predicted octanol–water partition coefficient (Wildman–Crippen LogP) is 4.29. The van der Waals surface area contributed by atoms with Gasteiger partial charge in [-0.1, -0.05) is 24.3 Å². The minimum Gasteiger partial charge on any atom is -0.357 e. The second kappa shape index (κ2) is 8.83. The number of urea groups is 1. The molecule has 5 rings (SSSR count). The highest BCUT2D eigenvalue weighted by molar-refractivity contribution is 5.91. The zero-order valence-electron chi connectivity index (χ0n) is 19.6. The van der Waals surface area contributed by atoms with Gasteiger partial charge < -0.3 is 16.0 Å². The molecular weight excluding hydrogens is 447 g/mol. The third-order valence-electron chi connectivity index (χ3n) is 6.46. The molecule has 0 spiro atoms. The Kier molecular flexibility index (Phi) is 5.68. The number of fused-ring (bicyclic) bond motifs is 2. The lowest BCUT2D eigenvalue weighted by Gasteiger charge is -2.17. The number of aryl methyl sites for hydroxylation is 3. The fourth-order valence-electron chi connectivity index (χ4n) is 4.64. The molecule has 0 fully saturated rings. The Bertz CT molecular complexity index is 1530. The summed E-state index contributed by atoms with van der Waals surface area (Å²) in [6, 6.07) is 11.8. The van der Waals surface area contributed by atoms with Crippen molar-refractivity contribution in [2.24, 2.45) is 7.05 Å². The zero-order valence-corrected chi connectivity index (χ0v) is 19.6. The fourth-order valence-corrected chi connectivity index (χ4v) is 4.64. The van der Waals surface area contributed by atoms with Gasteiger partial charge in [-0.3, -0.25) is 9.36 Å². The van der Waals surface area contributed by atoms with E-state index in [9.17, 15) is 14.0 Å². The van der Waals surface area contributed by atoms with Crippen molar-refractivity contribution in [1.29, 1.82) is 0 Å². The summed E-state index contributed by atoms with van der Waals surface area (Å²) in [5.74, 6) is -0.173. The fraction of sp³-hybridized carbons (Fsp3) is 0.231. The van der Waals surface area contributed by atoms with E-state index < -0.39 is 11.8 Å². The Morgan fingerprint density at radius 3 is 2.77 bits per heavy atom. The van der Waals surface area contributed by atoms with Crippen molar-refractivity contribution in [3.05, 3.63) is 81.5 Å². The molecule has 0 aliphatic heterocycles. The molecule has 2 heterocycles. The van der Waals surface area contributed by atoms with Crippen LogP contribution < -0.4 is 21.5 Å². The van der Waals surface area contributed by atoms with E-state index in [1.54, 1.807) is 33.3 Å². The molecule has 1 aliphatic carbocycles. The Morgan fingerprint density at radius 2 is 1.97 bits per heavy atom. The molecule has 0 saturated carbocycles. The number of hydrogen-bond donors (Lipinski definition) is 3. The molecule has 0 saturated heterocycles. The Morgan fingerprint density at radius 1 is 1.17 bits per heavy atom. The van der Waals surface area contributed by atoms with Crippen LogP contribution >= 0.6 is 0 Å². The molecule has 1 aliphatic rings. The number of benzene rings is 2. The Balaban J connectivity index is 1.47. The predicted molar refractivity (Wildman–Crippen MR) is 134 cm³/mol. The molecule has 0 unspecified atom stereocenters. The largest absolute Gasteiger partial charge is 0.357 e. The van der Waals surface area contributed by atoms with E-state index in [4.69, 9.17) is 0 Å². The van der Waals surface area contributed by atoms with E-state index in [0.717, 1.165) is 18.4 Å². The third kappa shape index (κ3) is 4.09. The highest BCUT2D eigenvalue weighted by Gasteiger charge is 2.24. The number of anilines is 2. The van der Waals surface area contributed by atoms with Crippen LogP contribution in [0, 0.1) is 12.7 Å². The standard InChI is InChI=1S/C26H25FN6O2/c1-14-10-20(27)22(31-26(35)30-21-9-8-15-6-4-5-7-17(15)21)12-18(14)19-11-16-13-29-25(28-2)32-23(16)33(3)24(19)34/h4-7,10-13,21H,8-9H2,1-3H3,(H,28,29,32)(H2,30,31,35)/t21-/m0/s1. The van der Waals surface area contributed by atoms with Crippen LogP contribution in [0.1, 0.15) is 29.2 Å². The minimum atomic E-state index is -0.576. The van der Waals surface area contributed by atoms with Gasteiger partial charge >= 0.3 is 6.03 Å². The second-order valence-electron chi connectivity index (χ2n) is 8.68. The summed E-state index contributed by atoms with van der Waals surface area (Å²) in [6.07, 6.45) is 3.30. The topological polar surface area (TPSA) is 101 Å². The van der Waals surface area contributed by atoms with E-state index in [1.165, 1.54) is 22.3 Å². The normalized spacial score (nSPS) is 14.6. The van der Waals surface area contributed by atoms with Gasteiger partial charge in [0.1, 0.15) is 11.5 Å². The first kappa shape index (κ1) is 22.5. The number of carbonyl (C=O) groups is 1. The molecule has 35 heavy (non-hydrogen) atoms. The van der Waals surface area contributed by atoms with Crippen LogP contribution in [0.15, 0.2) is 53.5 Å². The lowest BCUT2D eigenvalue weighted by molar-refractivity contribution is 0.248. The number of hydrogen-bond acceptors (Lipinski definition) is 5. The monoisotopic (exact) mass is 472 g/mol. The average molecular weight is 473 g/mol. The maximum absolute atomic E-state index is 14.8. The maximum atomic E-state index is 14.8. The van der Waals surface area contributed by atoms with Crippen molar-refractivity contribution in [2.75, 3.05) is 17.7 Å². The molecule has 0 bridgehead atoms. The first-order chi connectivity index (χ1) is 16.9. The van der Waals surface area contributed by atoms with E-state index in [2.05, 4.69) is 32.0 Å². The van der Waals surface area contributed by atoms with Crippen molar-refractivity contribution in [1.82, 2.24) is 19.9 Å². The van der Waals surface area contributed by atoms with Gasteiger partial charge in [0.25, 0.3) is 5.56 Å². The van der Waals surface area contributed by atoms with Gasteiger partial charge in [-0.15, -0.1) is 0 Å². The molecule has 8 nitrogen and oxygen atoms in total. The van der Waals surface area contributed by atoms with Crippen LogP contribution in [0.2, 0.25) is 0 Å². The molecule has 178 valence electrons. The first-order valence-electron chi connectivity index (χ1n) is 11.4. The number of amides is 2. The molecule has 0 radical (unpaired) electrons. The summed E-state index contributed by atoms with van der Waals surface area (Å²) in [5, 5.41) is 9.08. The number of rotatable bonds is 4. The Hall–Kier alpha value is -4.27. The maximum Gasteiger partial charge on any atom is 0.319 e. The number of carbonyl (C=O) groups excluding carboxylic acids is 1. The van der Waals surface area contributed by atoms with Gasteiger partial charge in [-0.05, 0) is 60.2 Å². The van der Waals surface area contributed by atoms with Gasteiger partial charge in [0.05, 0.1) is 11.7 Å². The lowest BCUT2D eigenvalue weighted by atomic mass is 9.99. The quantitative estimate of drug-likeness (QED) is 0.411. The average Bonchev–Trinajstić information content (AvgIpc) is 3.25. The van der Waals surface area contributed by atoms with Gasteiger partial charge in [-0.25, -0.2) is 14.2 Å². The van der Waals surface area contributed by atoms with E-state index in [0.29, 0.717) is 33.7 Å². The SMILES string of the molecule is CNc1ncc2cc(-c3cc(NC(=O)N[C@H]4CCc5ccccc54)c(F)cc3C)c(=O)n(C)c2n1. The van der Waals surface area contributed by atoms with Gasteiger partial charge in [0, 0.05) is 31.2 Å². The van der Waals surface area contributed by atoms with Gasteiger partial charge in [0.15, 0.2) is 0 Å². The van der Waals surface area contributed by atoms with Crippen molar-refractivity contribution >= 4 is 28.7 Å². The summed E-state index contributed by atoms with van der Waals surface area (Å²) >= 11 is 0. The van der Waals surface area contributed by atoms with Crippen LogP contribution in [0.3, 0.4) is 0 Å². The van der Waals surface area contributed by atoms with Crippen molar-refractivity contribution in [2.45, 2.75) is 25.8 Å². The molecule has 1 atom stereocenters. The third-order valence-corrected chi connectivity index (χ3v) is 6.46. The van der Waals surface area contributed by atoms with Crippen LogP contribution in [0.4, 0.5) is 20.8 Å². The minimum absolute atomic E-state index is 0.00156. The summed E-state index contributed by atoms with van der Waals surface area (Å²) < 4.78 is 16.3. The number of aromatic nitrogens is 3. The smallest absolute Gasteiger partial charge is 0.319 e. The van der Waals surface area contributed by atoms with E-state index in [-0.39, 0.29) is 17.3 Å². The molecule has 3 N–H and O–H groups in total. The van der Waals surface area contributed by atoms with Crippen molar-refractivity contribution in [3.63, 3.8) is 0 Å². The second-order valence-corrected chi connectivity index (χ2v) is 8.68. The van der Waals surface area contributed by atoms with E-state index in [1.807, 2.05) is 18.2 Å². The molecule has 9 heteroatoms. The molecule has 2 amide bonds. The number of halogens is 1.